The molecule has 1 aromatic rings. The number of aliphatic hydroxyl groups is 1. The van der Waals surface area contributed by atoms with Gasteiger partial charge in [0.1, 0.15) is 5.69 Å². The van der Waals surface area contributed by atoms with Crippen molar-refractivity contribution in [1.29, 1.82) is 0 Å². The van der Waals surface area contributed by atoms with Crippen molar-refractivity contribution >= 4 is 11.6 Å². The highest BCUT2D eigenvalue weighted by Crippen LogP contribution is 2.34. The number of fused-ring (bicyclic) bond motifs is 3. The lowest BCUT2D eigenvalue weighted by atomic mass is 9.90. The summed E-state index contributed by atoms with van der Waals surface area (Å²) in [6.07, 6.45) is 0.558. The van der Waals surface area contributed by atoms with Gasteiger partial charge in [-0.2, -0.15) is 0 Å². The molecule has 0 radical (unpaired) electrons. The van der Waals surface area contributed by atoms with Crippen LogP contribution in [0.25, 0.3) is 0 Å². The number of nitrogens with two attached hydrogens (primary N) is 2. The van der Waals surface area contributed by atoms with E-state index >= 15 is 0 Å². The fraction of sp³-hybridized carbons (Fsp3) is 0.385. The van der Waals surface area contributed by atoms with E-state index < -0.39 is 0 Å². The van der Waals surface area contributed by atoms with E-state index in [0.29, 0.717) is 24.2 Å². The summed E-state index contributed by atoms with van der Waals surface area (Å²) in [5, 5.41) is 9.51. The molecule has 0 amide bonds. The number of allylic oxidation sites excluding steroid dienone is 2. The zero-order valence-corrected chi connectivity index (χ0v) is 10.6. The molecule has 0 saturated heterocycles. The second-order valence-electron chi connectivity index (χ2n) is 5.08. The minimum atomic E-state index is -0.369. The molecule has 3 rings (SSSR count). The number of carbonyl (C=O) groups excluding carboxylic acids is 2. The predicted molar refractivity (Wildman–Crippen MR) is 67.6 cm³/mol. The van der Waals surface area contributed by atoms with E-state index in [2.05, 4.69) is 0 Å². The summed E-state index contributed by atoms with van der Waals surface area (Å²) in [7, 11) is 0. The van der Waals surface area contributed by atoms with Crippen LogP contribution in [0.2, 0.25) is 0 Å². The lowest BCUT2D eigenvalue weighted by molar-refractivity contribution is 0.0966. The van der Waals surface area contributed by atoms with Crippen LogP contribution in [0.5, 0.6) is 0 Å². The third kappa shape index (κ3) is 1.38. The Morgan fingerprint density at radius 1 is 1.37 bits per heavy atom. The summed E-state index contributed by atoms with van der Waals surface area (Å²) in [6, 6.07) is -0.0861. The molecule has 1 aliphatic heterocycles. The molecule has 1 aromatic heterocycles. The van der Waals surface area contributed by atoms with E-state index in [9.17, 15) is 14.7 Å². The number of aliphatic hydroxyl groups excluding tert-OH is 1. The first-order valence-electron chi connectivity index (χ1n) is 6.13. The number of ketones is 2. The van der Waals surface area contributed by atoms with Gasteiger partial charge in [0, 0.05) is 35.8 Å². The van der Waals surface area contributed by atoms with Crippen molar-refractivity contribution < 1.29 is 14.7 Å². The average Bonchev–Trinajstić information content (AvgIpc) is 2.88. The van der Waals surface area contributed by atoms with Crippen molar-refractivity contribution in [1.82, 2.24) is 4.57 Å². The first-order chi connectivity index (χ1) is 8.97. The molecule has 0 spiro atoms. The van der Waals surface area contributed by atoms with Gasteiger partial charge in [-0.25, -0.2) is 0 Å². The third-order valence-corrected chi connectivity index (χ3v) is 3.94. The summed E-state index contributed by atoms with van der Waals surface area (Å²) >= 11 is 0. The van der Waals surface area contributed by atoms with Gasteiger partial charge in [-0.1, -0.05) is 0 Å². The van der Waals surface area contributed by atoms with E-state index in [1.165, 1.54) is 0 Å². The molecule has 0 saturated carbocycles. The topological polar surface area (TPSA) is 111 Å². The van der Waals surface area contributed by atoms with Gasteiger partial charge >= 0.3 is 0 Å². The Labute approximate surface area is 109 Å². The maximum atomic E-state index is 12.3. The highest BCUT2D eigenvalue weighted by Gasteiger charge is 2.39. The van der Waals surface area contributed by atoms with Gasteiger partial charge < -0.3 is 21.1 Å². The fourth-order valence-corrected chi connectivity index (χ4v) is 2.96. The molecular weight excluding hydrogens is 246 g/mol. The smallest absolute Gasteiger partial charge is 0.211 e. The Bertz CT molecular complexity index is 655. The number of hydrogen-bond donors (Lipinski definition) is 3. The second kappa shape index (κ2) is 3.79. The van der Waals surface area contributed by atoms with Crippen molar-refractivity contribution in [3.63, 3.8) is 0 Å². The molecule has 0 unspecified atom stereocenters. The van der Waals surface area contributed by atoms with Gasteiger partial charge in [0.05, 0.1) is 17.9 Å². The van der Waals surface area contributed by atoms with Gasteiger partial charge in [-0.05, 0) is 6.92 Å². The molecule has 1 atom stereocenters. The number of carbonyl (C=O) groups is 2. The molecular formula is C13H15N3O3. The Hall–Kier alpha value is -1.92. The normalized spacial score (nSPS) is 21.9. The van der Waals surface area contributed by atoms with Crippen LogP contribution in [-0.2, 0) is 19.6 Å². The number of nitrogens with zero attached hydrogens (tertiary/aromatic N) is 1. The first kappa shape index (κ1) is 12.1. The molecule has 100 valence electrons. The predicted octanol–water partition coefficient (Wildman–Crippen LogP) is -0.525. The summed E-state index contributed by atoms with van der Waals surface area (Å²) in [5.74, 6) is -0.617. The van der Waals surface area contributed by atoms with Gasteiger partial charge in [0.15, 0.2) is 0 Å². The zero-order chi connectivity index (χ0) is 13.9. The lowest BCUT2D eigenvalue weighted by Gasteiger charge is -2.16. The molecule has 0 aromatic carbocycles. The van der Waals surface area contributed by atoms with E-state index in [1.807, 2.05) is 0 Å². The number of hydrogen-bond acceptors (Lipinski definition) is 5. The largest absolute Gasteiger partial charge is 0.395 e. The lowest BCUT2D eigenvalue weighted by Crippen LogP contribution is -2.29. The molecule has 6 heteroatoms. The van der Waals surface area contributed by atoms with Crippen LogP contribution in [0.15, 0.2) is 11.3 Å². The zero-order valence-electron chi connectivity index (χ0n) is 10.6. The molecule has 0 bridgehead atoms. The standard InChI is InChI=1S/C13H15N3O3/c1-5-10(15)13(19)9-7(4-17)8-2-6(14)3-16(8)11(9)12(5)18/h6,17H,2-4,14-15H2,1H3/t6-/m1/s1. The first-order valence-corrected chi connectivity index (χ1v) is 6.13. The summed E-state index contributed by atoms with van der Waals surface area (Å²) in [4.78, 5) is 24.6. The quantitative estimate of drug-likeness (QED) is 0.629. The maximum absolute atomic E-state index is 12.3. The van der Waals surface area contributed by atoms with Crippen LogP contribution in [0, 0.1) is 0 Å². The highest BCUT2D eigenvalue weighted by molar-refractivity contribution is 6.26. The number of Topliss-reactive ketones (excluding diaryl/α,β-unsaturated/α-hetero) is 2. The van der Waals surface area contributed by atoms with Crippen LogP contribution in [-0.4, -0.2) is 27.3 Å². The minimum Gasteiger partial charge on any atom is -0.395 e. The Kier molecular flexibility index (Phi) is 2.42. The maximum Gasteiger partial charge on any atom is 0.211 e. The van der Waals surface area contributed by atoms with E-state index in [4.69, 9.17) is 11.5 Å². The van der Waals surface area contributed by atoms with Crippen molar-refractivity contribution in [2.45, 2.75) is 32.5 Å². The van der Waals surface area contributed by atoms with Crippen molar-refractivity contribution in [3.8, 4) is 0 Å². The number of aromatic nitrogens is 1. The van der Waals surface area contributed by atoms with E-state index in [-0.39, 0.29) is 41.0 Å². The second-order valence-corrected chi connectivity index (χ2v) is 5.08. The Balaban J connectivity index is 2.32. The molecule has 0 fully saturated rings. The minimum absolute atomic E-state index is 0.0271. The monoisotopic (exact) mass is 261 g/mol. The summed E-state index contributed by atoms with van der Waals surface area (Å²) in [6.45, 7) is 1.75. The Morgan fingerprint density at radius 3 is 2.68 bits per heavy atom. The molecule has 5 N–H and O–H groups in total. The Morgan fingerprint density at radius 2 is 2.05 bits per heavy atom. The molecule has 1 aliphatic carbocycles. The van der Waals surface area contributed by atoms with Crippen LogP contribution < -0.4 is 11.5 Å². The molecule has 19 heavy (non-hydrogen) atoms. The van der Waals surface area contributed by atoms with Gasteiger partial charge in [0.25, 0.3) is 0 Å². The van der Waals surface area contributed by atoms with Crippen LogP contribution in [0.3, 0.4) is 0 Å². The van der Waals surface area contributed by atoms with Gasteiger partial charge in [-0.15, -0.1) is 0 Å². The van der Waals surface area contributed by atoms with Gasteiger partial charge in [0.2, 0.25) is 11.6 Å². The SMILES string of the molecule is CC1=C(N)C(=O)c2c(CO)c3n(c2C1=O)C[C@H](N)C3. The fourth-order valence-electron chi connectivity index (χ4n) is 2.96. The number of rotatable bonds is 1. The van der Waals surface area contributed by atoms with Crippen LogP contribution in [0.1, 0.15) is 39.0 Å². The highest BCUT2D eigenvalue weighted by atomic mass is 16.3. The molecule has 6 nitrogen and oxygen atoms in total. The average molecular weight is 261 g/mol. The summed E-state index contributed by atoms with van der Waals surface area (Å²) < 4.78 is 1.77. The molecule has 2 heterocycles. The van der Waals surface area contributed by atoms with Crippen molar-refractivity contribution in [2.24, 2.45) is 11.5 Å². The molecule has 2 aliphatic rings. The van der Waals surface area contributed by atoms with Crippen LogP contribution >= 0.6 is 0 Å². The van der Waals surface area contributed by atoms with E-state index in [1.54, 1.807) is 11.5 Å². The summed E-state index contributed by atoms with van der Waals surface area (Å²) in [5.41, 5.74) is 13.7. The van der Waals surface area contributed by atoms with Crippen molar-refractivity contribution in [3.05, 3.63) is 33.8 Å². The van der Waals surface area contributed by atoms with Crippen LogP contribution in [0.4, 0.5) is 0 Å². The van der Waals surface area contributed by atoms with E-state index in [0.717, 1.165) is 5.69 Å². The van der Waals surface area contributed by atoms with Crippen molar-refractivity contribution in [2.75, 3.05) is 0 Å². The third-order valence-electron chi connectivity index (χ3n) is 3.94. The van der Waals surface area contributed by atoms with Gasteiger partial charge in [-0.3, -0.25) is 9.59 Å².